The van der Waals surface area contributed by atoms with Gasteiger partial charge in [-0.25, -0.2) is 9.97 Å². The maximum absolute atomic E-state index is 4.72. The monoisotopic (exact) mass is 269 g/mol. The van der Waals surface area contributed by atoms with Crippen molar-refractivity contribution in [1.29, 1.82) is 0 Å². The van der Waals surface area contributed by atoms with Gasteiger partial charge in [0.25, 0.3) is 0 Å². The van der Waals surface area contributed by atoms with Gasteiger partial charge in [0, 0.05) is 23.7 Å². The first-order valence-corrected chi connectivity index (χ1v) is 7.52. The van der Waals surface area contributed by atoms with Crippen LogP contribution in [0.1, 0.15) is 12.6 Å². The highest BCUT2D eigenvalue weighted by Crippen LogP contribution is 2.25. The highest BCUT2D eigenvalue weighted by atomic mass is 32.2. The van der Waals surface area contributed by atoms with Crippen LogP contribution in [0.25, 0.3) is 16.9 Å². The lowest BCUT2D eigenvalue weighted by Crippen LogP contribution is -1.97. The second-order valence-electron chi connectivity index (χ2n) is 4.30. The fourth-order valence-corrected chi connectivity index (χ4v) is 2.68. The number of aryl methyl sites for hydroxylation is 1. The molecule has 0 saturated carbocycles. The van der Waals surface area contributed by atoms with E-state index >= 15 is 0 Å². The minimum absolute atomic E-state index is 0.948. The van der Waals surface area contributed by atoms with Gasteiger partial charge in [-0.3, -0.25) is 4.40 Å². The summed E-state index contributed by atoms with van der Waals surface area (Å²) in [6.07, 6.45) is 7.02. The van der Waals surface area contributed by atoms with Crippen LogP contribution >= 0.6 is 11.8 Å². The molecular weight excluding hydrogens is 254 g/mol. The summed E-state index contributed by atoms with van der Waals surface area (Å²) >= 11 is 1.64. The van der Waals surface area contributed by atoms with E-state index in [2.05, 4.69) is 34.6 Å². The van der Waals surface area contributed by atoms with Gasteiger partial charge in [0.05, 0.1) is 5.69 Å². The predicted molar refractivity (Wildman–Crippen MR) is 79.6 cm³/mol. The number of aromatic nitrogens is 3. The zero-order valence-electron chi connectivity index (χ0n) is 11.0. The lowest BCUT2D eigenvalue weighted by atomic mass is 10.2. The predicted octanol–water partition coefficient (Wildman–Crippen LogP) is 3.68. The van der Waals surface area contributed by atoms with Crippen LogP contribution in [0.15, 0.2) is 47.8 Å². The molecule has 4 heteroatoms. The van der Waals surface area contributed by atoms with E-state index in [1.165, 1.54) is 5.69 Å². The van der Waals surface area contributed by atoms with Crippen LogP contribution in [0.2, 0.25) is 0 Å². The normalized spacial score (nSPS) is 11.1. The molecule has 3 rings (SSSR count). The Morgan fingerprint density at radius 3 is 2.68 bits per heavy atom. The van der Waals surface area contributed by atoms with Crippen LogP contribution in [0.4, 0.5) is 0 Å². The van der Waals surface area contributed by atoms with Crippen molar-refractivity contribution in [3.63, 3.8) is 0 Å². The van der Waals surface area contributed by atoms with Crippen molar-refractivity contribution in [3.05, 3.63) is 48.4 Å². The van der Waals surface area contributed by atoms with Crippen molar-refractivity contribution in [2.24, 2.45) is 0 Å². The highest BCUT2D eigenvalue weighted by Gasteiger charge is 2.10. The van der Waals surface area contributed by atoms with Crippen molar-refractivity contribution in [2.45, 2.75) is 18.4 Å². The fraction of sp³-hybridized carbons (Fsp3) is 0.200. The molecule has 0 spiro atoms. The van der Waals surface area contributed by atoms with Crippen LogP contribution in [-0.2, 0) is 6.42 Å². The molecule has 2 aromatic heterocycles. The second-order valence-corrected chi connectivity index (χ2v) is 5.09. The van der Waals surface area contributed by atoms with Crippen LogP contribution in [0.5, 0.6) is 0 Å². The van der Waals surface area contributed by atoms with E-state index in [9.17, 15) is 0 Å². The maximum atomic E-state index is 4.72. The number of rotatable bonds is 3. The number of thioether (sulfide) groups is 1. The minimum atomic E-state index is 0.948. The summed E-state index contributed by atoms with van der Waals surface area (Å²) in [7, 11) is 0. The summed E-state index contributed by atoms with van der Waals surface area (Å²) in [5.74, 6) is 0. The molecule has 0 radical (unpaired) electrons. The third kappa shape index (κ3) is 2.12. The molecule has 0 N–H and O–H groups in total. The summed E-state index contributed by atoms with van der Waals surface area (Å²) in [5.41, 5.74) is 4.29. The average Bonchev–Trinajstić information content (AvgIpc) is 2.90. The Balaban J connectivity index is 2.26. The number of imidazole rings is 1. The van der Waals surface area contributed by atoms with Crippen molar-refractivity contribution in [1.82, 2.24) is 14.4 Å². The van der Waals surface area contributed by atoms with Gasteiger partial charge in [0.2, 0.25) is 0 Å². The second kappa shape index (κ2) is 5.05. The highest BCUT2D eigenvalue weighted by molar-refractivity contribution is 7.98. The van der Waals surface area contributed by atoms with Crippen molar-refractivity contribution < 1.29 is 0 Å². The molecule has 1 aromatic carbocycles. The van der Waals surface area contributed by atoms with Gasteiger partial charge in [-0.05, 0) is 12.7 Å². The van der Waals surface area contributed by atoms with Crippen molar-refractivity contribution in [2.75, 3.05) is 6.26 Å². The number of benzene rings is 1. The summed E-state index contributed by atoms with van der Waals surface area (Å²) in [6.45, 7) is 2.14. The zero-order chi connectivity index (χ0) is 13.2. The summed E-state index contributed by atoms with van der Waals surface area (Å²) in [4.78, 5) is 9.19. The molecule has 3 aromatic rings. The first-order valence-electron chi connectivity index (χ1n) is 6.30. The van der Waals surface area contributed by atoms with Crippen molar-refractivity contribution >= 4 is 17.4 Å². The van der Waals surface area contributed by atoms with Gasteiger partial charge >= 0.3 is 0 Å². The molecule has 96 valence electrons. The molecular formula is C15H15N3S. The Labute approximate surface area is 116 Å². The lowest BCUT2D eigenvalue weighted by Gasteiger charge is -2.07. The Hall–Kier alpha value is -1.81. The summed E-state index contributed by atoms with van der Waals surface area (Å²) in [6, 6.07) is 10.3. The summed E-state index contributed by atoms with van der Waals surface area (Å²) < 4.78 is 2.15. The SMILES string of the molecule is CCc1cnc2c(SC)nc(-c3ccccc3)cn12. The van der Waals surface area contributed by atoms with Gasteiger partial charge in [0.1, 0.15) is 5.03 Å². The molecule has 0 aliphatic carbocycles. The van der Waals surface area contributed by atoms with Crippen LogP contribution in [0, 0.1) is 0 Å². The Bertz CT molecular complexity index is 704. The Morgan fingerprint density at radius 1 is 1.21 bits per heavy atom. The quantitative estimate of drug-likeness (QED) is 0.679. The smallest absolute Gasteiger partial charge is 0.169 e. The largest absolute Gasteiger partial charge is 0.300 e. The Morgan fingerprint density at radius 2 is 2.00 bits per heavy atom. The van der Waals surface area contributed by atoms with E-state index in [1.807, 2.05) is 30.7 Å². The molecule has 0 bridgehead atoms. The maximum Gasteiger partial charge on any atom is 0.169 e. The van der Waals surface area contributed by atoms with Gasteiger partial charge in [-0.1, -0.05) is 37.3 Å². The number of nitrogens with zero attached hydrogens (tertiary/aromatic N) is 3. The van der Waals surface area contributed by atoms with Gasteiger partial charge < -0.3 is 0 Å². The van der Waals surface area contributed by atoms with Crippen molar-refractivity contribution in [3.8, 4) is 11.3 Å². The van der Waals surface area contributed by atoms with E-state index in [4.69, 9.17) is 4.98 Å². The van der Waals surface area contributed by atoms with E-state index in [0.29, 0.717) is 0 Å². The first-order chi connectivity index (χ1) is 9.33. The summed E-state index contributed by atoms with van der Waals surface area (Å²) in [5, 5.41) is 0.973. The van der Waals surface area contributed by atoms with E-state index in [-0.39, 0.29) is 0 Å². The molecule has 0 fully saturated rings. The van der Waals surface area contributed by atoms with E-state index in [1.54, 1.807) is 11.8 Å². The fourth-order valence-electron chi connectivity index (χ4n) is 2.16. The molecule has 0 amide bonds. The number of hydrogen-bond acceptors (Lipinski definition) is 3. The molecule has 0 atom stereocenters. The zero-order valence-corrected chi connectivity index (χ0v) is 11.8. The Kier molecular flexibility index (Phi) is 3.25. The number of hydrogen-bond donors (Lipinski definition) is 0. The molecule has 2 heterocycles. The topological polar surface area (TPSA) is 30.2 Å². The number of fused-ring (bicyclic) bond motifs is 1. The van der Waals surface area contributed by atoms with Crippen LogP contribution < -0.4 is 0 Å². The third-order valence-corrected chi connectivity index (χ3v) is 3.82. The molecule has 0 aliphatic rings. The molecule has 0 saturated heterocycles. The standard InChI is InChI=1S/C15H15N3S/c1-3-12-9-16-14-15(19-2)17-13(10-18(12)14)11-7-5-4-6-8-11/h4-10H,3H2,1-2H3. The first kappa shape index (κ1) is 12.2. The van der Waals surface area contributed by atoms with E-state index in [0.717, 1.165) is 28.4 Å². The van der Waals surface area contributed by atoms with Gasteiger partial charge in [-0.2, -0.15) is 0 Å². The van der Waals surface area contributed by atoms with E-state index < -0.39 is 0 Å². The van der Waals surface area contributed by atoms with Gasteiger partial charge in [-0.15, -0.1) is 11.8 Å². The molecule has 19 heavy (non-hydrogen) atoms. The average molecular weight is 269 g/mol. The third-order valence-electron chi connectivity index (χ3n) is 3.16. The molecule has 0 unspecified atom stereocenters. The van der Waals surface area contributed by atoms with Crippen LogP contribution in [0.3, 0.4) is 0 Å². The molecule has 3 nitrogen and oxygen atoms in total. The minimum Gasteiger partial charge on any atom is -0.300 e. The van der Waals surface area contributed by atoms with Gasteiger partial charge in [0.15, 0.2) is 5.65 Å². The lowest BCUT2D eigenvalue weighted by molar-refractivity contribution is 0.960. The van der Waals surface area contributed by atoms with Crippen LogP contribution in [-0.4, -0.2) is 20.6 Å². The molecule has 0 aliphatic heterocycles.